The second-order valence-corrected chi connectivity index (χ2v) is 7.58. The molecular formula is C19H22N4O3S. The number of unbranched alkanes of at least 4 members (excludes halogenated alkanes) is 1. The number of carbonyl (C=O) groups excluding carboxylic acids is 2. The Balaban J connectivity index is 1.87. The van der Waals surface area contributed by atoms with Crippen molar-refractivity contribution in [2.24, 2.45) is 0 Å². The topological polar surface area (TPSA) is 104 Å². The van der Waals surface area contributed by atoms with Gasteiger partial charge in [0, 0.05) is 17.9 Å². The average molecular weight is 386 g/mol. The molecule has 8 heteroatoms. The third-order valence-corrected chi connectivity index (χ3v) is 5.23. The Hall–Kier alpha value is -2.61. The van der Waals surface area contributed by atoms with Crippen molar-refractivity contribution in [1.29, 1.82) is 0 Å². The Labute approximate surface area is 161 Å². The third-order valence-electron chi connectivity index (χ3n) is 4.27. The van der Waals surface area contributed by atoms with Crippen molar-refractivity contribution >= 4 is 35.1 Å². The molecule has 0 fully saturated rings. The number of nitrogens with one attached hydrogen (secondary N) is 3. The van der Waals surface area contributed by atoms with E-state index in [0.29, 0.717) is 10.8 Å². The number of rotatable bonds is 6. The maximum atomic E-state index is 12.8. The van der Waals surface area contributed by atoms with Gasteiger partial charge in [-0.2, -0.15) is 0 Å². The number of fused-ring (bicyclic) bond motifs is 1. The molecular weight excluding hydrogens is 364 g/mol. The molecule has 2 heterocycles. The molecule has 0 saturated heterocycles. The fourth-order valence-electron chi connectivity index (χ4n) is 2.91. The minimum Gasteiger partial charge on any atom is -0.326 e. The van der Waals surface area contributed by atoms with E-state index in [0.717, 1.165) is 24.2 Å². The summed E-state index contributed by atoms with van der Waals surface area (Å²) < 4.78 is 0. The highest BCUT2D eigenvalue weighted by Gasteiger charge is 2.34. The van der Waals surface area contributed by atoms with E-state index < -0.39 is 11.8 Å². The zero-order valence-electron chi connectivity index (χ0n) is 15.3. The number of aromatic nitrogens is 2. The summed E-state index contributed by atoms with van der Waals surface area (Å²) in [6.45, 7) is 4.01. The van der Waals surface area contributed by atoms with Gasteiger partial charge in [-0.15, -0.1) is 0 Å². The molecule has 0 bridgehead atoms. The Bertz CT molecular complexity index is 925. The lowest BCUT2D eigenvalue weighted by Gasteiger charge is -2.23. The second-order valence-electron chi connectivity index (χ2n) is 6.50. The molecule has 2 aromatic rings. The maximum Gasteiger partial charge on any atom is 0.257 e. The Morgan fingerprint density at radius 1 is 1.37 bits per heavy atom. The number of amides is 2. The monoisotopic (exact) mass is 386 g/mol. The number of aromatic amines is 1. The minimum absolute atomic E-state index is 0.0856. The number of nitrogens with zero attached hydrogens (tertiary/aromatic N) is 1. The van der Waals surface area contributed by atoms with Crippen molar-refractivity contribution in [3.63, 3.8) is 0 Å². The van der Waals surface area contributed by atoms with Gasteiger partial charge >= 0.3 is 0 Å². The van der Waals surface area contributed by atoms with Crippen LogP contribution in [0.3, 0.4) is 0 Å². The van der Waals surface area contributed by atoms with Crippen LogP contribution in [0.4, 0.5) is 11.5 Å². The van der Waals surface area contributed by atoms with Crippen LogP contribution in [-0.2, 0) is 9.59 Å². The highest BCUT2D eigenvalue weighted by Crippen LogP contribution is 2.30. The summed E-state index contributed by atoms with van der Waals surface area (Å²) in [6.07, 6.45) is 1.96. The largest absolute Gasteiger partial charge is 0.326 e. The van der Waals surface area contributed by atoms with Crippen molar-refractivity contribution < 1.29 is 9.59 Å². The van der Waals surface area contributed by atoms with Crippen LogP contribution in [0.1, 0.15) is 43.2 Å². The molecule has 1 aliphatic heterocycles. The quantitative estimate of drug-likeness (QED) is 0.402. The fraction of sp³-hybridized carbons (Fsp3) is 0.368. The molecule has 3 N–H and O–H groups in total. The maximum absolute atomic E-state index is 12.8. The van der Waals surface area contributed by atoms with E-state index in [9.17, 15) is 14.4 Å². The molecule has 0 radical (unpaired) electrons. The second kappa shape index (κ2) is 8.39. The van der Waals surface area contributed by atoms with E-state index >= 15 is 0 Å². The number of carbonyl (C=O) groups is 2. The van der Waals surface area contributed by atoms with Crippen LogP contribution in [0.25, 0.3) is 0 Å². The summed E-state index contributed by atoms with van der Waals surface area (Å²) in [7, 11) is 0. The number of anilines is 2. The molecule has 1 unspecified atom stereocenters. The Morgan fingerprint density at radius 2 is 2.19 bits per heavy atom. The van der Waals surface area contributed by atoms with Crippen LogP contribution in [-0.4, -0.2) is 27.5 Å². The number of hydrogen-bond donors (Lipinski definition) is 3. The van der Waals surface area contributed by atoms with Gasteiger partial charge in [0.2, 0.25) is 11.8 Å². The average Bonchev–Trinajstić information content (AvgIpc) is 2.61. The van der Waals surface area contributed by atoms with Crippen LogP contribution in [0.2, 0.25) is 0 Å². The van der Waals surface area contributed by atoms with Gasteiger partial charge in [0.25, 0.3) is 5.56 Å². The molecule has 0 saturated carbocycles. The summed E-state index contributed by atoms with van der Waals surface area (Å²) in [5.74, 6) is -0.591. The van der Waals surface area contributed by atoms with Gasteiger partial charge in [-0.3, -0.25) is 14.4 Å². The molecule has 1 atom stereocenters. The molecule has 2 amide bonds. The number of thioether (sulfide) groups is 1. The highest BCUT2D eigenvalue weighted by atomic mass is 32.2. The van der Waals surface area contributed by atoms with Gasteiger partial charge in [-0.25, -0.2) is 4.98 Å². The van der Waals surface area contributed by atoms with Crippen molar-refractivity contribution in [3.05, 3.63) is 45.7 Å². The first-order valence-corrected chi connectivity index (χ1v) is 9.91. The number of aryl methyl sites for hydroxylation is 1. The van der Waals surface area contributed by atoms with Gasteiger partial charge in [0.05, 0.1) is 11.5 Å². The van der Waals surface area contributed by atoms with Crippen LogP contribution < -0.4 is 16.2 Å². The molecule has 1 aromatic carbocycles. The zero-order valence-corrected chi connectivity index (χ0v) is 16.1. The first kappa shape index (κ1) is 19.2. The summed E-state index contributed by atoms with van der Waals surface area (Å²) in [6, 6.07) is 7.36. The lowest BCUT2D eigenvalue weighted by Crippen LogP contribution is -2.36. The van der Waals surface area contributed by atoms with Crippen molar-refractivity contribution in [3.8, 4) is 0 Å². The van der Waals surface area contributed by atoms with E-state index in [2.05, 4.69) is 27.5 Å². The molecule has 1 aliphatic rings. The first-order chi connectivity index (χ1) is 13.0. The summed E-state index contributed by atoms with van der Waals surface area (Å²) >= 11 is 1.43. The predicted molar refractivity (Wildman–Crippen MR) is 106 cm³/mol. The number of benzene rings is 1. The highest BCUT2D eigenvalue weighted by molar-refractivity contribution is 7.99. The first-order valence-electron chi connectivity index (χ1n) is 8.92. The normalized spacial score (nSPS) is 15.8. The minimum atomic E-state index is -0.875. The number of hydrogen-bond acceptors (Lipinski definition) is 5. The smallest absolute Gasteiger partial charge is 0.257 e. The van der Waals surface area contributed by atoms with Crippen molar-refractivity contribution in [1.82, 2.24) is 9.97 Å². The van der Waals surface area contributed by atoms with E-state index in [1.807, 2.05) is 25.1 Å². The van der Waals surface area contributed by atoms with E-state index in [-0.39, 0.29) is 29.3 Å². The Morgan fingerprint density at radius 3 is 2.93 bits per heavy atom. The number of H-pyrrole nitrogens is 1. The molecule has 142 valence electrons. The standard InChI is InChI=1S/C19H22N4O3S/c1-3-4-8-27-19-22-16-15(18(26)23-19)13(10-14(24)21-16)17(25)20-12-7-5-6-11(2)9-12/h5-7,9,13H,3-4,8,10H2,1-2H3,(H,20,25)(H2,21,22,23,24,26). The van der Waals surface area contributed by atoms with Gasteiger partial charge in [0.1, 0.15) is 5.82 Å². The van der Waals surface area contributed by atoms with Gasteiger partial charge < -0.3 is 15.6 Å². The molecule has 27 heavy (non-hydrogen) atoms. The van der Waals surface area contributed by atoms with E-state index in [4.69, 9.17) is 0 Å². The molecule has 0 aliphatic carbocycles. The van der Waals surface area contributed by atoms with Gasteiger partial charge in [-0.1, -0.05) is 37.2 Å². The summed E-state index contributed by atoms with van der Waals surface area (Å²) in [5, 5.41) is 5.87. The lowest BCUT2D eigenvalue weighted by atomic mass is 9.92. The van der Waals surface area contributed by atoms with Crippen LogP contribution >= 0.6 is 11.8 Å². The lowest BCUT2D eigenvalue weighted by molar-refractivity contribution is -0.123. The van der Waals surface area contributed by atoms with Crippen molar-refractivity contribution in [2.45, 2.75) is 44.2 Å². The van der Waals surface area contributed by atoms with Gasteiger partial charge in [0.15, 0.2) is 5.16 Å². The molecule has 3 rings (SSSR count). The Kier molecular flexibility index (Phi) is 5.95. The van der Waals surface area contributed by atoms with Crippen LogP contribution in [0.5, 0.6) is 0 Å². The predicted octanol–water partition coefficient (Wildman–Crippen LogP) is 3.04. The zero-order chi connectivity index (χ0) is 19.4. The molecule has 1 aromatic heterocycles. The van der Waals surface area contributed by atoms with E-state index in [1.165, 1.54) is 11.8 Å². The summed E-state index contributed by atoms with van der Waals surface area (Å²) in [5.41, 5.74) is 1.45. The fourth-order valence-corrected chi connectivity index (χ4v) is 3.86. The van der Waals surface area contributed by atoms with Crippen molar-refractivity contribution in [2.75, 3.05) is 16.4 Å². The van der Waals surface area contributed by atoms with Crippen LogP contribution in [0.15, 0.2) is 34.2 Å². The van der Waals surface area contributed by atoms with Gasteiger partial charge in [-0.05, 0) is 31.0 Å². The SMILES string of the molecule is CCCCSc1nc2c(c(=O)[nH]1)C(C(=O)Nc1cccc(C)c1)CC(=O)N2. The summed E-state index contributed by atoms with van der Waals surface area (Å²) in [4.78, 5) is 44.5. The van der Waals surface area contributed by atoms with E-state index in [1.54, 1.807) is 6.07 Å². The third kappa shape index (κ3) is 4.57. The molecule has 7 nitrogen and oxygen atoms in total. The van der Waals surface area contributed by atoms with Crippen LogP contribution in [0, 0.1) is 6.92 Å². The molecule has 0 spiro atoms.